The van der Waals surface area contributed by atoms with Gasteiger partial charge in [0.25, 0.3) is 0 Å². The summed E-state index contributed by atoms with van der Waals surface area (Å²) in [7, 11) is 1.56. The highest BCUT2D eigenvalue weighted by atomic mass is 19.1. The highest BCUT2D eigenvalue weighted by Crippen LogP contribution is 2.27. The second kappa shape index (κ2) is 12.9. The van der Waals surface area contributed by atoms with Crippen LogP contribution < -0.4 is 10.1 Å². The summed E-state index contributed by atoms with van der Waals surface area (Å²) in [6.45, 7) is -0.430. The first-order valence-corrected chi connectivity index (χ1v) is 12.5. The monoisotopic (exact) mass is 527 g/mol. The number of hydrogen-bond donors (Lipinski definition) is 3. The molecule has 0 aliphatic carbocycles. The van der Waals surface area contributed by atoms with E-state index in [1.54, 1.807) is 19.4 Å². The van der Waals surface area contributed by atoms with Crippen molar-refractivity contribution in [2.24, 2.45) is 0 Å². The van der Waals surface area contributed by atoms with Crippen LogP contribution in [0.25, 0.3) is 17.1 Å². The molecule has 4 atom stereocenters. The van der Waals surface area contributed by atoms with E-state index in [0.29, 0.717) is 31.6 Å². The van der Waals surface area contributed by atoms with Gasteiger partial charge in [-0.1, -0.05) is 0 Å². The van der Waals surface area contributed by atoms with Crippen LogP contribution in [-0.4, -0.2) is 64.2 Å². The Labute approximate surface area is 219 Å². The number of halogens is 2. The number of aromatic nitrogens is 2. The second-order valence-electron chi connectivity index (χ2n) is 9.29. The Morgan fingerprint density at radius 2 is 2.11 bits per heavy atom. The van der Waals surface area contributed by atoms with Gasteiger partial charge in [0.1, 0.15) is 11.6 Å². The average Bonchev–Trinajstić information content (AvgIpc) is 2.93. The fraction of sp³-hybridized carbons (Fsp3) is 0.393. The van der Waals surface area contributed by atoms with Crippen LogP contribution in [0.2, 0.25) is 0 Å². The van der Waals surface area contributed by atoms with E-state index in [2.05, 4.69) is 15.3 Å². The first kappa shape index (κ1) is 27.6. The molecule has 3 aromatic rings. The van der Waals surface area contributed by atoms with Gasteiger partial charge in [-0.05, 0) is 67.7 Å². The molecule has 1 amide bonds. The molecule has 4 rings (SSSR count). The zero-order valence-corrected chi connectivity index (χ0v) is 21.0. The summed E-state index contributed by atoms with van der Waals surface area (Å²) >= 11 is 0. The van der Waals surface area contributed by atoms with Crippen molar-refractivity contribution >= 4 is 23.0 Å². The van der Waals surface area contributed by atoms with Crippen molar-refractivity contribution in [1.82, 2.24) is 15.3 Å². The van der Waals surface area contributed by atoms with Crippen molar-refractivity contribution in [3.63, 3.8) is 0 Å². The predicted molar refractivity (Wildman–Crippen MR) is 137 cm³/mol. The molecule has 1 aliphatic heterocycles. The number of aliphatic hydroxyl groups excluding tert-OH is 2. The zero-order chi connectivity index (χ0) is 27.1. The maximum absolute atomic E-state index is 13.9. The molecular weight excluding hydrogens is 496 g/mol. The number of rotatable bonds is 10. The van der Waals surface area contributed by atoms with Crippen molar-refractivity contribution in [3.8, 4) is 5.88 Å². The number of methoxy groups -OCH3 is 1. The highest BCUT2D eigenvalue weighted by molar-refractivity contribution is 5.92. The maximum atomic E-state index is 13.9. The number of fused-ring (bicyclic) bond motifs is 1. The molecule has 1 aliphatic rings. The summed E-state index contributed by atoms with van der Waals surface area (Å²) in [6.07, 6.45) is 5.16. The van der Waals surface area contributed by atoms with Gasteiger partial charge in [-0.25, -0.2) is 13.8 Å². The Balaban J connectivity index is 1.40. The summed E-state index contributed by atoms with van der Waals surface area (Å²) in [6, 6.07) is 8.12. The molecule has 1 aromatic carbocycles. The lowest BCUT2D eigenvalue weighted by Gasteiger charge is -2.37. The van der Waals surface area contributed by atoms with Gasteiger partial charge < -0.3 is 25.0 Å². The molecule has 1 fully saturated rings. The Kier molecular flexibility index (Phi) is 9.33. The number of carbonyl (C=O) groups excluding carboxylic acids is 1. The molecule has 0 bridgehead atoms. The Morgan fingerprint density at radius 3 is 2.89 bits per heavy atom. The number of carbonyl (C=O) groups is 1. The van der Waals surface area contributed by atoms with E-state index in [9.17, 15) is 23.8 Å². The number of benzene rings is 1. The topological polar surface area (TPSA) is 114 Å². The van der Waals surface area contributed by atoms with Gasteiger partial charge in [-0.15, -0.1) is 0 Å². The van der Waals surface area contributed by atoms with Crippen LogP contribution in [-0.2, 0) is 16.0 Å². The maximum Gasteiger partial charge on any atom is 0.244 e. The predicted octanol–water partition coefficient (Wildman–Crippen LogP) is 3.34. The third-order valence-electron chi connectivity index (χ3n) is 6.62. The van der Waals surface area contributed by atoms with Crippen molar-refractivity contribution < 1.29 is 33.3 Å². The van der Waals surface area contributed by atoms with E-state index in [0.717, 1.165) is 40.9 Å². The molecule has 10 heteroatoms. The van der Waals surface area contributed by atoms with Gasteiger partial charge in [-0.3, -0.25) is 9.78 Å². The number of nitrogens with zero attached hydrogens (tertiary/aromatic N) is 2. The van der Waals surface area contributed by atoms with Gasteiger partial charge in [0.05, 0.1) is 49.1 Å². The van der Waals surface area contributed by atoms with Gasteiger partial charge >= 0.3 is 0 Å². The molecule has 8 nitrogen and oxygen atoms in total. The van der Waals surface area contributed by atoms with Crippen LogP contribution in [0.1, 0.15) is 36.8 Å². The lowest BCUT2D eigenvalue weighted by atomic mass is 9.92. The molecule has 0 spiro atoms. The van der Waals surface area contributed by atoms with Crippen LogP contribution in [0, 0.1) is 11.6 Å². The summed E-state index contributed by atoms with van der Waals surface area (Å²) in [5, 5.41) is 22.3. The normalized spacial score (nSPS) is 20.5. The number of pyridine rings is 2. The summed E-state index contributed by atoms with van der Waals surface area (Å²) < 4.78 is 38.8. The number of amides is 1. The van der Waals surface area contributed by atoms with Crippen molar-refractivity contribution in [1.29, 1.82) is 0 Å². The third-order valence-corrected chi connectivity index (χ3v) is 6.62. The highest BCUT2D eigenvalue weighted by Gasteiger charge is 2.33. The lowest BCUT2D eigenvalue weighted by molar-refractivity contribution is -0.124. The Morgan fingerprint density at radius 1 is 1.26 bits per heavy atom. The largest absolute Gasteiger partial charge is 0.481 e. The number of ether oxygens (including phenoxy) is 2. The van der Waals surface area contributed by atoms with Crippen LogP contribution in [0.4, 0.5) is 8.78 Å². The minimum absolute atomic E-state index is 0.0388. The smallest absolute Gasteiger partial charge is 0.244 e. The van der Waals surface area contributed by atoms with Gasteiger partial charge in [0, 0.05) is 30.3 Å². The number of aliphatic hydroxyl groups is 2. The molecule has 1 unspecified atom stereocenters. The van der Waals surface area contributed by atoms with Crippen LogP contribution in [0.5, 0.6) is 5.88 Å². The molecule has 0 radical (unpaired) electrons. The molecule has 202 valence electrons. The van der Waals surface area contributed by atoms with E-state index in [-0.39, 0.29) is 18.1 Å². The SMILES string of the molecule is COc1ccc2nccc(CC[C@@H]3CC[C@@H](NC(=O)/C=C/c4cc(F)ccc4F)[C@@H](CC(O)CO)O3)c2n1. The number of hydrogen-bond acceptors (Lipinski definition) is 7. The lowest BCUT2D eigenvalue weighted by Crippen LogP contribution is -2.50. The van der Waals surface area contributed by atoms with Gasteiger partial charge in [0.2, 0.25) is 11.8 Å². The molecule has 3 N–H and O–H groups in total. The quantitative estimate of drug-likeness (QED) is 0.347. The second-order valence-corrected chi connectivity index (χ2v) is 9.29. The molecule has 2 aromatic heterocycles. The number of aryl methyl sites for hydroxylation is 1. The van der Waals surface area contributed by atoms with Crippen molar-refractivity contribution in [2.45, 2.75) is 56.5 Å². The molecule has 3 heterocycles. The zero-order valence-electron chi connectivity index (χ0n) is 21.0. The van der Waals surface area contributed by atoms with E-state index < -0.39 is 42.4 Å². The minimum atomic E-state index is -1.00. The fourth-order valence-electron chi connectivity index (χ4n) is 4.63. The minimum Gasteiger partial charge on any atom is -0.481 e. The first-order valence-electron chi connectivity index (χ1n) is 12.5. The molecule has 38 heavy (non-hydrogen) atoms. The fourth-order valence-corrected chi connectivity index (χ4v) is 4.63. The summed E-state index contributed by atoms with van der Waals surface area (Å²) in [4.78, 5) is 21.4. The Hall–Kier alpha value is -3.47. The van der Waals surface area contributed by atoms with Gasteiger partial charge in [-0.2, -0.15) is 0 Å². The van der Waals surface area contributed by atoms with Crippen LogP contribution >= 0.6 is 0 Å². The molecule has 0 saturated carbocycles. The van der Waals surface area contributed by atoms with Gasteiger partial charge in [0.15, 0.2) is 0 Å². The molecular formula is C28H31F2N3O5. The Bertz CT molecular complexity index is 1290. The number of nitrogens with one attached hydrogen (secondary N) is 1. The standard InChI is InChI=1S/C28H31F2N3O5/c1-37-27-11-9-24-28(33-27)17(12-13-31-24)2-5-21-6-8-23(25(38-21)15-20(35)16-34)32-26(36)10-3-18-14-19(29)4-7-22(18)30/h3-4,7,9-14,20-21,23,25,34-35H,2,5-6,8,15-16H2,1H3,(H,32,36)/b10-3+/t20?,21-,23-,25-/m1/s1. The first-order chi connectivity index (χ1) is 18.4. The van der Waals surface area contributed by atoms with E-state index >= 15 is 0 Å². The van der Waals surface area contributed by atoms with Crippen molar-refractivity contribution in [3.05, 3.63) is 71.4 Å². The third kappa shape index (κ3) is 7.09. The van der Waals surface area contributed by atoms with E-state index in [4.69, 9.17) is 9.47 Å². The van der Waals surface area contributed by atoms with Crippen LogP contribution in [0.15, 0.2) is 48.7 Å². The van der Waals surface area contributed by atoms with Crippen LogP contribution in [0.3, 0.4) is 0 Å². The summed E-state index contributed by atoms with van der Waals surface area (Å²) in [5.41, 5.74) is 2.50. The average molecular weight is 528 g/mol. The van der Waals surface area contributed by atoms with Crippen molar-refractivity contribution in [2.75, 3.05) is 13.7 Å². The summed E-state index contributed by atoms with van der Waals surface area (Å²) in [5.74, 6) is -1.23. The molecule has 1 saturated heterocycles. The van der Waals surface area contributed by atoms with E-state index in [1.807, 2.05) is 12.1 Å². The van der Waals surface area contributed by atoms with E-state index in [1.165, 1.54) is 6.08 Å².